The Morgan fingerprint density at radius 2 is 1.85 bits per heavy atom. The highest BCUT2D eigenvalue weighted by Crippen LogP contribution is 2.68. The van der Waals surface area contributed by atoms with Crippen LogP contribution in [0.25, 0.3) is 0 Å². The predicted octanol–water partition coefficient (Wildman–Crippen LogP) is 4.32. The van der Waals surface area contributed by atoms with E-state index in [1.165, 1.54) is 37.7 Å². The van der Waals surface area contributed by atoms with Gasteiger partial charge in [0, 0.05) is 24.2 Å². The van der Waals surface area contributed by atoms with Crippen LogP contribution in [0.15, 0.2) is 22.6 Å². The van der Waals surface area contributed by atoms with Crippen LogP contribution in [0.3, 0.4) is 0 Å². The molecule has 6 unspecified atom stereocenters. The van der Waals surface area contributed by atoms with Crippen LogP contribution in [-0.4, -0.2) is 15.8 Å². The summed E-state index contributed by atoms with van der Waals surface area (Å²) >= 11 is 0. The fraction of sp³-hybridized carbons (Fsp3) is 0.727. The zero-order chi connectivity index (χ0) is 18.1. The highest BCUT2D eigenvalue weighted by Gasteiger charge is 2.59. The minimum absolute atomic E-state index is 0.0763. The van der Waals surface area contributed by atoms with E-state index in [-0.39, 0.29) is 11.1 Å². The molecule has 1 aromatic rings. The zero-order valence-corrected chi connectivity index (χ0v) is 15.9. The Labute approximate surface area is 154 Å². The van der Waals surface area contributed by atoms with Gasteiger partial charge in [0.1, 0.15) is 0 Å². The lowest BCUT2D eigenvalue weighted by atomic mass is 9.47. The van der Waals surface area contributed by atoms with E-state index in [2.05, 4.69) is 23.8 Å². The van der Waals surface area contributed by atoms with Crippen LogP contribution >= 0.6 is 0 Å². The molecule has 5 rings (SSSR count). The summed E-state index contributed by atoms with van der Waals surface area (Å²) in [6, 6.07) is 0. The second-order valence-electron chi connectivity index (χ2n) is 9.84. The number of aromatic nitrogens is 2. The first-order valence-electron chi connectivity index (χ1n) is 10.4. The summed E-state index contributed by atoms with van der Waals surface area (Å²) in [7, 11) is 0. The fourth-order valence-corrected chi connectivity index (χ4v) is 7.60. The molecule has 2 N–H and O–H groups in total. The molecule has 3 saturated carbocycles. The maximum absolute atomic E-state index is 11.9. The Kier molecular flexibility index (Phi) is 3.48. The van der Waals surface area contributed by atoms with Gasteiger partial charge in [-0.2, -0.15) is 0 Å². The molecule has 0 saturated heterocycles. The normalized spacial score (nSPS) is 44.8. The van der Waals surface area contributed by atoms with Crippen LogP contribution in [0.5, 0.6) is 0 Å². The quantitative estimate of drug-likeness (QED) is 0.789. The molecule has 26 heavy (non-hydrogen) atoms. The van der Waals surface area contributed by atoms with Crippen molar-refractivity contribution in [1.29, 1.82) is 0 Å². The first kappa shape index (κ1) is 16.6. The molecule has 4 heteroatoms. The van der Waals surface area contributed by atoms with Crippen molar-refractivity contribution in [3.8, 4) is 0 Å². The molecule has 4 aliphatic carbocycles. The molecule has 1 heterocycles. The van der Waals surface area contributed by atoms with Crippen LogP contribution < -0.4 is 5.69 Å². The number of nitrogens with one attached hydrogen (secondary N) is 2. The molecule has 0 spiro atoms. The van der Waals surface area contributed by atoms with Gasteiger partial charge in [0.15, 0.2) is 5.78 Å². The molecule has 1 aromatic heterocycles. The van der Waals surface area contributed by atoms with Gasteiger partial charge in [0.05, 0.1) is 0 Å². The SMILES string of the molecule is CC12CCC(=O)C=C1CCC1C2CCC2(C)C(c3c[nH]c(=O)[nH]3)CCC12. The van der Waals surface area contributed by atoms with E-state index in [1.54, 1.807) is 0 Å². The average Bonchev–Trinajstić information content (AvgIpc) is 3.18. The van der Waals surface area contributed by atoms with Crippen LogP contribution in [0.2, 0.25) is 0 Å². The van der Waals surface area contributed by atoms with E-state index >= 15 is 0 Å². The van der Waals surface area contributed by atoms with Gasteiger partial charge in [-0.15, -0.1) is 0 Å². The second kappa shape index (κ2) is 5.46. The van der Waals surface area contributed by atoms with Crippen molar-refractivity contribution in [3.05, 3.63) is 34.0 Å². The van der Waals surface area contributed by atoms with Gasteiger partial charge in [-0.05, 0) is 79.6 Å². The Balaban J connectivity index is 1.48. The summed E-state index contributed by atoms with van der Waals surface area (Å²) < 4.78 is 0. The molecule has 4 aliphatic rings. The molecule has 6 atom stereocenters. The van der Waals surface area contributed by atoms with E-state index in [0.29, 0.717) is 17.1 Å². The Morgan fingerprint density at radius 1 is 1.00 bits per heavy atom. The Hall–Kier alpha value is -1.58. The largest absolute Gasteiger partial charge is 0.323 e. The number of carbonyl (C=O) groups is 1. The maximum atomic E-state index is 11.9. The van der Waals surface area contributed by atoms with Gasteiger partial charge in [0.2, 0.25) is 0 Å². The number of aromatic amines is 2. The summed E-state index contributed by atoms with van der Waals surface area (Å²) in [6.07, 6.45) is 13.0. The van der Waals surface area contributed by atoms with E-state index in [9.17, 15) is 9.59 Å². The number of hydrogen-bond acceptors (Lipinski definition) is 2. The average molecular weight is 354 g/mol. The minimum Gasteiger partial charge on any atom is -0.313 e. The number of imidazole rings is 1. The maximum Gasteiger partial charge on any atom is 0.323 e. The highest BCUT2D eigenvalue weighted by molar-refractivity contribution is 5.91. The third-order valence-corrected chi connectivity index (χ3v) is 8.95. The number of H-pyrrole nitrogens is 2. The lowest BCUT2D eigenvalue weighted by Gasteiger charge is -2.58. The van der Waals surface area contributed by atoms with Crippen molar-refractivity contribution in [2.24, 2.45) is 28.6 Å². The van der Waals surface area contributed by atoms with Gasteiger partial charge in [-0.1, -0.05) is 19.4 Å². The summed E-state index contributed by atoms with van der Waals surface area (Å²) in [6.45, 7) is 4.93. The molecule has 0 bridgehead atoms. The predicted molar refractivity (Wildman–Crippen MR) is 101 cm³/mol. The van der Waals surface area contributed by atoms with Crippen molar-refractivity contribution in [3.63, 3.8) is 0 Å². The Morgan fingerprint density at radius 3 is 2.62 bits per heavy atom. The van der Waals surface area contributed by atoms with Crippen LogP contribution in [0.1, 0.15) is 76.8 Å². The number of fused-ring (bicyclic) bond motifs is 5. The fourth-order valence-electron chi connectivity index (χ4n) is 7.60. The van der Waals surface area contributed by atoms with Crippen LogP contribution in [0.4, 0.5) is 0 Å². The molecule has 0 amide bonds. The van der Waals surface area contributed by atoms with E-state index in [1.807, 2.05) is 12.3 Å². The molecule has 140 valence electrons. The third kappa shape index (κ3) is 2.13. The van der Waals surface area contributed by atoms with Crippen molar-refractivity contribution >= 4 is 5.78 Å². The number of allylic oxidation sites excluding steroid dienone is 1. The smallest absolute Gasteiger partial charge is 0.313 e. The second-order valence-corrected chi connectivity index (χ2v) is 9.84. The van der Waals surface area contributed by atoms with Crippen molar-refractivity contribution in [1.82, 2.24) is 9.97 Å². The van der Waals surface area contributed by atoms with Gasteiger partial charge < -0.3 is 9.97 Å². The molecule has 3 fully saturated rings. The molecule has 4 nitrogen and oxygen atoms in total. The van der Waals surface area contributed by atoms with Crippen LogP contribution in [-0.2, 0) is 4.79 Å². The molecular formula is C22H30N2O2. The summed E-state index contributed by atoms with van der Waals surface area (Å²) in [4.78, 5) is 29.4. The van der Waals surface area contributed by atoms with Gasteiger partial charge in [-0.3, -0.25) is 4.79 Å². The number of carbonyl (C=O) groups excluding carboxylic acids is 1. The standard InChI is InChI=1S/C22H30N2O2/c1-21-9-7-14(25)11-13(21)3-4-15-16-5-6-18(19-12-23-20(26)24-19)22(16,2)10-8-17(15)21/h11-12,15-18H,3-10H2,1-2H3,(H2,23,24,26). The molecule has 0 radical (unpaired) electrons. The summed E-state index contributed by atoms with van der Waals surface area (Å²) in [5.41, 5.74) is 3.03. The number of hydrogen-bond donors (Lipinski definition) is 2. The van der Waals surface area contributed by atoms with Gasteiger partial charge in [-0.25, -0.2) is 4.79 Å². The monoisotopic (exact) mass is 354 g/mol. The number of rotatable bonds is 1. The van der Waals surface area contributed by atoms with Crippen LogP contribution in [0, 0.1) is 28.6 Å². The topological polar surface area (TPSA) is 65.7 Å². The van der Waals surface area contributed by atoms with E-state index in [0.717, 1.165) is 42.7 Å². The molecule has 0 aromatic carbocycles. The first-order valence-corrected chi connectivity index (χ1v) is 10.4. The van der Waals surface area contributed by atoms with E-state index < -0.39 is 0 Å². The zero-order valence-electron chi connectivity index (χ0n) is 15.9. The highest BCUT2D eigenvalue weighted by atomic mass is 16.1. The minimum atomic E-state index is -0.0763. The lowest BCUT2D eigenvalue weighted by Crippen LogP contribution is -2.50. The number of ketones is 1. The van der Waals surface area contributed by atoms with Gasteiger partial charge in [0.25, 0.3) is 0 Å². The Bertz CT molecular complexity index is 833. The van der Waals surface area contributed by atoms with E-state index in [4.69, 9.17) is 0 Å². The summed E-state index contributed by atoms with van der Waals surface area (Å²) in [5, 5.41) is 0. The summed E-state index contributed by atoms with van der Waals surface area (Å²) in [5.74, 6) is 3.08. The molecule has 0 aliphatic heterocycles. The van der Waals surface area contributed by atoms with Gasteiger partial charge >= 0.3 is 5.69 Å². The van der Waals surface area contributed by atoms with Crippen molar-refractivity contribution in [2.45, 2.75) is 71.1 Å². The van der Waals surface area contributed by atoms with Crippen molar-refractivity contribution < 1.29 is 4.79 Å². The van der Waals surface area contributed by atoms with Crippen molar-refractivity contribution in [2.75, 3.05) is 0 Å². The lowest BCUT2D eigenvalue weighted by molar-refractivity contribution is -0.117. The third-order valence-electron chi connectivity index (χ3n) is 8.95. The molecular weight excluding hydrogens is 324 g/mol. The first-order chi connectivity index (χ1) is 12.4.